The summed E-state index contributed by atoms with van der Waals surface area (Å²) in [5.74, 6) is 0.555. The van der Waals surface area contributed by atoms with Gasteiger partial charge in [-0.05, 0) is 32.5 Å². The van der Waals surface area contributed by atoms with Gasteiger partial charge in [0.15, 0.2) is 0 Å². The molecule has 0 aliphatic carbocycles. The van der Waals surface area contributed by atoms with E-state index in [1.807, 2.05) is 7.05 Å². The number of ether oxygens (including phenoxy) is 1. The van der Waals surface area contributed by atoms with E-state index >= 15 is 0 Å². The highest BCUT2D eigenvalue weighted by Gasteiger charge is 2.23. The number of methoxy groups -OCH3 is 1. The lowest BCUT2D eigenvalue weighted by Gasteiger charge is -2.13. The normalized spacial score (nSPS) is 23.4. The molecule has 1 rings (SSSR count). The van der Waals surface area contributed by atoms with Crippen molar-refractivity contribution in [2.45, 2.75) is 6.42 Å². The zero-order chi connectivity index (χ0) is 9.68. The summed E-state index contributed by atoms with van der Waals surface area (Å²) < 4.78 is 4.61. The number of nitrogens with zero attached hydrogens (tertiary/aromatic N) is 1. The molecule has 1 fully saturated rings. The van der Waals surface area contributed by atoms with E-state index in [1.54, 1.807) is 0 Å². The number of carbonyl (C=O) groups is 1. The molecule has 0 aromatic rings. The van der Waals surface area contributed by atoms with Crippen molar-refractivity contribution in [1.82, 2.24) is 10.2 Å². The van der Waals surface area contributed by atoms with Crippen LogP contribution in [0.25, 0.3) is 0 Å². The lowest BCUT2D eigenvalue weighted by molar-refractivity contribution is -0.141. The summed E-state index contributed by atoms with van der Waals surface area (Å²) in [4.78, 5) is 13.1. The fraction of sp³-hybridized carbons (Fsp3) is 0.889. The van der Waals surface area contributed by atoms with Crippen LogP contribution in [0.5, 0.6) is 0 Å². The van der Waals surface area contributed by atoms with Crippen molar-refractivity contribution >= 4 is 5.97 Å². The third-order valence-corrected chi connectivity index (χ3v) is 2.44. The number of rotatable bonds is 4. The molecule has 0 amide bonds. The van der Waals surface area contributed by atoms with Crippen molar-refractivity contribution in [2.75, 3.05) is 40.3 Å². The van der Waals surface area contributed by atoms with Crippen molar-refractivity contribution in [2.24, 2.45) is 5.92 Å². The average Bonchev–Trinajstić information content (AvgIpc) is 2.53. The van der Waals surface area contributed by atoms with Crippen LogP contribution in [-0.4, -0.2) is 51.2 Å². The highest BCUT2D eigenvalue weighted by molar-refractivity contribution is 5.71. The van der Waals surface area contributed by atoms with Gasteiger partial charge in [0.2, 0.25) is 0 Å². The first-order valence-corrected chi connectivity index (χ1v) is 4.70. The van der Waals surface area contributed by atoms with Crippen LogP contribution in [0, 0.1) is 5.92 Å². The molecule has 4 nitrogen and oxygen atoms in total. The third kappa shape index (κ3) is 3.32. The lowest BCUT2D eigenvalue weighted by Crippen LogP contribution is -2.30. The summed E-state index contributed by atoms with van der Waals surface area (Å²) >= 11 is 0. The molecule has 1 heterocycles. The molecule has 0 saturated carbocycles. The fourth-order valence-electron chi connectivity index (χ4n) is 1.76. The van der Waals surface area contributed by atoms with E-state index in [9.17, 15) is 4.79 Å². The summed E-state index contributed by atoms with van der Waals surface area (Å²) in [5.41, 5.74) is 0. The van der Waals surface area contributed by atoms with Gasteiger partial charge < -0.3 is 10.1 Å². The van der Waals surface area contributed by atoms with Gasteiger partial charge in [-0.2, -0.15) is 0 Å². The maximum atomic E-state index is 11.0. The van der Waals surface area contributed by atoms with Crippen molar-refractivity contribution in [3.05, 3.63) is 0 Å². The zero-order valence-electron chi connectivity index (χ0n) is 8.38. The van der Waals surface area contributed by atoms with Crippen molar-refractivity contribution in [3.8, 4) is 0 Å². The molecule has 1 atom stereocenters. The van der Waals surface area contributed by atoms with Crippen LogP contribution in [0.1, 0.15) is 6.42 Å². The van der Waals surface area contributed by atoms with Crippen LogP contribution in [0.15, 0.2) is 0 Å². The van der Waals surface area contributed by atoms with E-state index in [0.29, 0.717) is 12.5 Å². The van der Waals surface area contributed by atoms with Crippen LogP contribution in [0.3, 0.4) is 0 Å². The second-order valence-electron chi connectivity index (χ2n) is 3.52. The van der Waals surface area contributed by atoms with Crippen LogP contribution < -0.4 is 5.32 Å². The van der Waals surface area contributed by atoms with Gasteiger partial charge in [0.25, 0.3) is 0 Å². The Morgan fingerprint density at radius 2 is 2.46 bits per heavy atom. The molecule has 0 aromatic heterocycles. The molecule has 13 heavy (non-hydrogen) atoms. The minimum absolute atomic E-state index is 0.134. The highest BCUT2D eigenvalue weighted by Crippen LogP contribution is 2.14. The van der Waals surface area contributed by atoms with Crippen LogP contribution in [-0.2, 0) is 9.53 Å². The molecular formula is C9H18N2O2. The van der Waals surface area contributed by atoms with Crippen LogP contribution in [0.2, 0.25) is 0 Å². The van der Waals surface area contributed by atoms with Crippen molar-refractivity contribution < 1.29 is 9.53 Å². The van der Waals surface area contributed by atoms with Crippen molar-refractivity contribution in [1.29, 1.82) is 0 Å². The van der Waals surface area contributed by atoms with E-state index in [2.05, 4.69) is 15.0 Å². The minimum atomic E-state index is -0.134. The number of hydrogen-bond donors (Lipinski definition) is 1. The van der Waals surface area contributed by atoms with Gasteiger partial charge in [-0.1, -0.05) is 0 Å². The van der Waals surface area contributed by atoms with E-state index < -0.39 is 0 Å². The Labute approximate surface area is 79.2 Å². The standard InChI is InChI=1S/C9H18N2O2/c1-10-5-8-3-4-11(6-8)7-9(12)13-2/h8,10H,3-7H2,1-2H3. The Kier molecular flexibility index (Phi) is 4.18. The van der Waals surface area contributed by atoms with Gasteiger partial charge in [0.05, 0.1) is 13.7 Å². The highest BCUT2D eigenvalue weighted by atomic mass is 16.5. The fourth-order valence-corrected chi connectivity index (χ4v) is 1.76. The first-order valence-electron chi connectivity index (χ1n) is 4.70. The Bertz CT molecular complexity index is 173. The Balaban J connectivity index is 2.20. The monoisotopic (exact) mass is 186 g/mol. The van der Waals surface area contributed by atoms with E-state index in [4.69, 9.17) is 0 Å². The molecule has 0 bridgehead atoms. The molecule has 1 aliphatic rings. The molecule has 1 aliphatic heterocycles. The summed E-state index contributed by atoms with van der Waals surface area (Å²) in [6, 6.07) is 0. The smallest absolute Gasteiger partial charge is 0.319 e. The SMILES string of the molecule is CNCC1CCN(CC(=O)OC)C1. The summed E-state index contributed by atoms with van der Waals surface area (Å²) in [5, 5.41) is 3.15. The maximum Gasteiger partial charge on any atom is 0.319 e. The van der Waals surface area contributed by atoms with Gasteiger partial charge in [0.1, 0.15) is 0 Å². The predicted octanol–water partition coefficient (Wildman–Crippen LogP) is -0.299. The number of carbonyl (C=O) groups excluding carboxylic acids is 1. The number of likely N-dealkylation sites (tertiary alicyclic amines) is 1. The first-order chi connectivity index (χ1) is 6.26. The third-order valence-electron chi connectivity index (χ3n) is 2.44. The molecule has 1 N–H and O–H groups in total. The molecule has 0 spiro atoms. The number of hydrogen-bond acceptors (Lipinski definition) is 4. The molecule has 4 heteroatoms. The number of esters is 1. The lowest BCUT2D eigenvalue weighted by atomic mass is 10.1. The summed E-state index contributed by atoms with van der Waals surface area (Å²) in [6.45, 7) is 3.51. The van der Waals surface area contributed by atoms with Crippen LogP contribution >= 0.6 is 0 Å². The maximum absolute atomic E-state index is 11.0. The Hall–Kier alpha value is -0.610. The van der Waals surface area contributed by atoms with E-state index in [1.165, 1.54) is 13.5 Å². The Morgan fingerprint density at radius 1 is 1.69 bits per heavy atom. The average molecular weight is 186 g/mol. The zero-order valence-corrected chi connectivity index (χ0v) is 8.38. The molecular weight excluding hydrogens is 168 g/mol. The second-order valence-corrected chi connectivity index (χ2v) is 3.52. The molecule has 1 saturated heterocycles. The van der Waals surface area contributed by atoms with E-state index in [0.717, 1.165) is 19.6 Å². The summed E-state index contributed by atoms with van der Waals surface area (Å²) in [7, 11) is 3.40. The molecule has 1 unspecified atom stereocenters. The van der Waals surface area contributed by atoms with Gasteiger partial charge in [-0.3, -0.25) is 9.69 Å². The largest absolute Gasteiger partial charge is 0.468 e. The first kappa shape index (κ1) is 10.5. The second kappa shape index (κ2) is 5.19. The van der Waals surface area contributed by atoms with Crippen LogP contribution in [0.4, 0.5) is 0 Å². The van der Waals surface area contributed by atoms with Crippen molar-refractivity contribution in [3.63, 3.8) is 0 Å². The van der Waals surface area contributed by atoms with Gasteiger partial charge in [-0.25, -0.2) is 0 Å². The quantitative estimate of drug-likeness (QED) is 0.612. The van der Waals surface area contributed by atoms with Gasteiger partial charge in [0, 0.05) is 6.54 Å². The number of nitrogens with one attached hydrogen (secondary N) is 1. The molecule has 76 valence electrons. The van der Waals surface area contributed by atoms with Gasteiger partial charge in [-0.15, -0.1) is 0 Å². The van der Waals surface area contributed by atoms with Gasteiger partial charge >= 0.3 is 5.97 Å². The minimum Gasteiger partial charge on any atom is -0.468 e. The predicted molar refractivity (Wildman–Crippen MR) is 50.5 cm³/mol. The molecule has 0 aromatic carbocycles. The summed E-state index contributed by atoms with van der Waals surface area (Å²) in [6.07, 6.45) is 1.18. The molecule has 0 radical (unpaired) electrons. The topological polar surface area (TPSA) is 41.6 Å². The van der Waals surface area contributed by atoms with E-state index in [-0.39, 0.29) is 5.97 Å². The Morgan fingerprint density at radius 3 is 3.08 bits per heavy atom.